The monoisotopic (exact) mass is 374 g/mol. The van der Waals surface area contributed by atoms with E-state index in [0.29, 0.717) is 0 Å². The maximum absolute atomic E-state index is 13.4. The molecular formula is C12ClF9Mg. The quantitative estimate of drug-likeness (QED) is 0.230. The van der Waals surface area contributed by atoms with Crippen LogP contribution in [0, 0.1) is 58.4 Å². The molecule has 0 unspecified atom stereocenters. The molecule has 0 saturated heterocycles. The van der Waals surface area contributed by atoms with E-state index in [4.69, 9.17) is 0 Å². The SMILES string of the molecule is Fc1[c-]c(F)c(F)c(-c2c(F)c(F)c(F)c(F)c2F)c1F.[Cl-].[Mg+2]. The van der Waals surface area contributed by atoms with Gasteiger partial charge in [-0.2, -0.15) is 0 Å². The topological polar surface area (TPSA) is 0 Å². The molecule has 0 amide bonds. The van der Waals surface area contributed by atoms with Gasteiger partial charge in [0.15, 0.2) is 23.3 Å². The van der Waals surface area contributed by atoms with E-state index in [0.717, 1.165) is 6.07 Å². The third kappa shape index (κ3) is 3.38. The molecule has 0 bridgehead atoms. The van der Waals surface area contributed by atoms with Gasteiger partial charge < -0.3 is 12.4 Å². The van der Waals surface area contributed by atoms with Crippen LogP contribution in [-0.4, -0.2) is 23.1 Å². The Kier molecular flexibility index (Phi) is 7.25. The average Bonchev–Trinajstić information content (AvgIpc) is 2.44. The van der Waals surface area contributed by atoms with Crippen LogP contribution in [0.4, 0.5) is 39.5 Å². The van der Waals surface area contributed by atoms with Crippen molar-refractivity contribution in [3.05, 3.63) is 58.4 Å². The summed E-state index contributed by atoms with van der Waals surface area (Å²) in [5.41, 5.74) is -4.18. The summed E-state index contributed by atoms with van der Waals surface area (Å²) in [4.78, 5) is 0. The first kappa shape index (κ1) is 21.9. The van der Waals surface area contributed by atoms with Crippen molar-refractivity contribution in [3.8, 4) is 11.1 Å². The smallest absolute Gasteiger partial charge is 1.00 e. The van der Waals surface area contributed by atoms with Crippen molar-refractivity contribution in [3.63, 3.8) is 0 Å². The maximum atomic E-state index is 13.4. The average molecular weight is 375 g/mol. The van der Waals surface area contributed by atoms with Gasteiger partial charge in [0.1, 0.15) is 0 Å². The van der Waals surface area contributed by atoms with Crippen LogP contribution in [0.1, 0.15) is 0 Å². The van der Waals surface area contributed by atoms with Crippen molar-refractivity contribution in [2.75, 3.05) is 0 Å². The van der Waals surface area contributed by atoms with Crippen LogP contribution in [0.25, 0.3) is 11.1 Å². The summed E-state index contributed by atoms with van der Waals surface area (Å²) in [6.45, 7) is 0. The molecule has 0 aliphatic carbocycles. The van der Waals surface area contributed by atoms with Gasteiger partial charge in [-0.25, -0.2) is 30.7 Å². The fraction of sp³-hybridized carbons (Fsp3) is 0. The van der Waals surface area contributed by atoms with Crippen LogP contribution in [-0.2, 0) is 0 Å². The zero-order valence-corrected chi connectivity index (χ0v) is 12.7. The summed E-state index contributed by atoms with van der Waals surface area (Å²) < 4.78 is 118. The van der Waals surface area contributed by atoms with Crippen molar-refractivity contribution in [2.24, 2.45) is 0 Å². The van der Waals surface area contributed by atoms with Crippen molar-refractivity contribution < 1.29 is 51.9 Å². The van der Waals surface area contributed by atoms with Gasteiger partial charge in [-0.3, -0.25) is 8.78 Å². The Morgan fingerprint density at radius 2 is 0.696 bits per heavy atom. The van der Waals surface area contributed by atoms with Gasteiger partial charge in [-0.05, 0) is 5.56 Å². The summed E-state index contributed by atoms with van der Waals surface area (Å²) in [5, 5.41) is 0. The van der Waals surface area contributed by atoms with Crippen LogP contribution in [0.5, 0.6) is 0 Å². The Bertz CT molecular complexity index is 708. The van der Waals surface area contributed by atoms with Gasteiger partial charge in [-0.15, -0.1) is 6.07 Å². The predicted molar refractivity (Wildman–Crippen MR) is 56.1 cm³/mol. The first-order valence-electron chi connectivity index (χ1n) is 4.95. The molecule has 0 saturated carbocycles. The molecule has 0 heterocycles. The third-order valence-corrected chi connectivity index (χ3v) is 2.50. The largest absolute Gasteiger partial charge is 2.00 e. The second-order valence-electron chi connectivity index (χ2n) is 3.70. The summed E-state index contributed by atoms with van der Waals surface area (Å²) in [6, 6.07) is 0.907. The minimum Gasteiger partial charge on any atom is -1.00 e. The Hall–Kier alpha value is -1.13. The fourth-order valence-electron chi connectivity index (χ4n) is 1.57. The van der Waals surface area contributed by atoms with Crippen LogP contribution < -0.4 is 12.4 Å². The van der Waals surface area contributed by atoms with Gasteiger partial charge in [-0.1, -0.05) is 0 Å². The molecule has 0 aromatic heterocycles. The Labute approximate surface area is 144 Å². The molecule has 0 N–H and O–H groups in total. The first-order valence-corrected chi connectivity index (χ1v) is 4.95. The zero-order valence-electron chi connectivity index (χ0n) is 10.5. The summed E-state index contributed by atoms with van der Waals surface area (Å²) in [6.07, 6.45) is 0. The molecule has 120 valence electrons. The number of hydrogen-bond donors (Lipinski definition) is 0. The van der Waals surface area contributed by atoms with Crippen molar-refractivity contribution in [1.82, 2.24) is 0 Å². The van der Waals surface area contributed by atoms with Gasteiger partial charge in [0.25, 0.3) is 0 Å². The molecule has 2 aromatic rings. The molecule has 0 fully saturated rings. The molecule has 0 spiro atoms. The second-order valence-corrected chi connectivity index (χ2v) is 3.70. The molecule has 0 aliphatic heterocycles. The van der Waals surface area contributed by atoms with E-state index in [2.05, 4.69) is 0 Å². The van der Waals surface area contributed by atoms with Gasteiger partial charge in [0.05, 0.1) is 11.6 Å². The van der Waals surface area contributed by atoms with Gasteiger partial charge in [0, 0.05) is 17.2 Å². The number of benzene rings is 2. The van der Waals surface area contributed by atoms with E-state index < -0.39 is 63.5 Å². The second kappa shape index (κ2) is 7.62. The predicted octanol–water partition coefficient (Wildman–Crippen LogP) is 1.03. The van der Waals surface area contributed by atoms with Gasteiger partial charge >= 0.3 is 23.1 Å². The van der Waals surface area contributed by atoms with E-state index in [9.17, 15) is 39.5 Å². The zero-order chi connectivity index (χ0) is 16.1. The number of hydrogen-bond acceptors (Lipinski definition) is 0. The summed E-state index contributed by atoms with van der Waals surface area (Å²) in [7, 11) is 0. The van der Waals surface area contributed by atoms with Crippen LogP contribution in [0.2, 0.25) is 0 Å². The molecule has 11 heteroatoms. The fourth-order valence-corrected chi connectivity index (χ4v) is 1.57. The number of halogens is 10. The van der Waals surface area contributed by atoms with Crippen LogP contribution >= 0.6 is 0 Å². The molecular weight excluding hydrogens is 375 g/mol. The molecule has 2 aromatic carbocycles. The first-order chi connectivity index (χ1) is 9.68. The van der Waals surface area contributed by atoms with E-state index in [1.807, 2.05) is 0 Å². The molecule has 23 heavy (non-hydrogen) atoms. The third-order valence-electron chi connectivity index (χ3n) is 2.50. The minimum absolute atomic E-state index is 0. The van der Waals surface area contributed by atoms with Gasteiger partial charge in [0.2, 0.25) is 5.82 Å². The summed E-state index contributed by atoms with van der Waals surface area (Å²) >= 11 is 0. The van der Waals surface area contributed by atoms with E-state index in [-0.39, 0.29) is 35.5 Å². The standard InChI is InChI=1S/C12F9.ClH.Mg/c13-2-1-3(14)7(16)4(6(2)15)5-8(17)10(19)12(21)11(20)9(5)18;;/h;1H;/q-1;;+2/p-1. The normalized spacial score (nSPS) is 10.1. The van der Waals surface area contributed by atoms with Crippen molar-refractivity contribution in [2.45, 2.75) is 0 Å². The van der Waals surface area contributed by atoms with Crippen molar-refractivity contribution >= 4 is 23.1 Å². The molecule has 0 aliphatic rings. The van der Waals surface area contributed by atoms with Crippen LogP contribution in [0.15, 0.2) is 0 Å². The maximum Gasteiger partial charge on any atom is 2.00 e. The Morgan fingerprint density at radius 3 is 1.04 bits per heavy atom. The molecule has 2 rings (SSSR count). The van der Waals surface area contributed by atoms with E-state index in [1.165, 1.54) is 0 Å². The number of rotatable bonds is 1. The van der Waals surface area contributed by atoms with Crippen LogP contribution in [0.3, 0.4) is 0 Å². The Balaban J connectivity index is 0.00000242. The minimum atomic E-state index is -2.60. The molecule has 0 nitrogen and oxygen atoms in total. The molecule has 0 radical (unpaired) electrons. The Morgan fingerprint density at radius 1 is 0.435 bits per heavy atom. The van der Waals surface area contributed by atoms with E-state index >= 15 is 0 Å². The van der Waals surface area contributed by atoms with E-state index in [1.54, 1.807) is 0 Å². The summed E-state index contributed by atoms with van der Waals surface area (Å²) in [5.74, 6) is -22.0. The van der Waals surface area contributed by atoms with Crippen molar-refractivity contribution in [1.29, 1.82) is 0 Å². The molecule has 0 atom stereocenters.